The first kappa shape index (κ1) is 44.3. The molecule has 3 N–H and O–H groups in total. The van der Waals surface area contributed by atoms with Crippen LogP contribution in [0.4, 0.5) is 0 Å². The number of amides is 2. The molecule has 0 saturated carbocycles. The number of ketones is 2. The molecule has 0 aromatic carbocycles. The van der Waals surface area contributed by atoms with Gasteiger partial charge in [0.2, 0.25) is 11.8 Å². The average Bonchev–Trinajstić information content (AvgIpc) is 2.96. The van der Waals surface area contributed by atoms with E-state index in [2.05, 4.69) is 20.1 Å². The first-order valence-electron chi connectivity index (χ1n) is 15.5. The zero-order valence-electron chi connectivity index (χ0n) is 28.8. The number of methoxy groups -OCH3 is 2. The predicted octanol–water partition coefficient (Wildman–Crippen LogP) is 3.07. The molecule has 46 heavy (non-hydrogen) atoms. The van der Waals surface area contributed by atoms with E-state index in [4.69, 9.17) is 9.84 Å². The molecule has 0 aromatic rings. The summed E-state index contributed by atoms with van der Waals surface area (Å²) in [5.74, 6) is -4.50. The number of esters is 3. The summed E-state index contributed by atoms with van der Waals surface area (Å²) in [6.45, 7) is 11.5. The lowest BCUT2D eigenvalue weighted by molar-refractivity contribution is -0.160. The zero-order chi connectivity index (χ0) is 36.0. The highest BCUT2D eigenvalue weighted by atomic mass is 16.6. The molecule has 0 saturated heterocycles. The van der Waals surface area contributed by atoms with E-state index in [1.54, 1.807) is 34.6 Å². The number of hydrogen-bond donors (Lipinski definition) is 3. The van der Waals surface area contributed by atoms with Gasteiger partial charge in [0.15, 0.2) is 11.6 Å². The van der Waals surface area contributed by atoms with E-state index in [9.17, 15) is 38.4 Å². The Labute approximate surface area is 272 Å². The lowest BCUT2D eigenvalue weighted by atomic mass is 10.0. The standard InChI is InChI=1S/C18H31NO6.C14H23NO6/c1-12(17(23)25-18(3,4)5)11-14(20)13(2)19-15(21)9-7-8-10-16(22)24-6;1-9(14(19)20)8-11(16)10(2)15-12(17)6-4-5-7-13(18)21-3/h12-13H,7-11H2,1-6H3,(H,19,21);9-10H,4-8H2,1-3H3,(H,15,17)(H,19,20)/t12-,13-;9-,10-/m00/s1. The monoisotopic (exact) mass is 658 g/mol. The van der Waals surface area contributed by atoms with E-state index < -0.39 is 41.5 Å². The maximum atomic E-state index is 12.1. The molecule has 0 heterocycles. The van der Waals surface area contributed by atoms with Crippen LogP contribution in [0.25, 0.3) is 0 Å². The zero-order valence-corrected chi connectivity index (χ0v) is 28.8. The van der Waals surface area contributed by atoms with Crippen LogP contribution in [0.5, 0.6) is 0 Å². The molecule has 4 atom stereocenters. The van der Waals surface area contributed by atoms with Gasteiger partial charge in [0.1, 0.15) is 5.60 Å². The molecule has 0 aliphatic heterocycles. The number of hydrogen-bond acceptors (Lipinski definition) is 11. The second-order valence-corrected chi connectivity index (χ2v) is 12.2. The Kier molecular flexibility index (Phi) is 22.6. The van der Waals surface area contributed by atoms with Gasteiger partial charge in [0.25, 0.3) is 0 Å². The van der Waals surface area contributed by atoms with Crippen LogP contribution in [0.1, 0.15) is 113 Å². The number of rotatable bonds is 20. The minimum Gasteiger partial charge on any atom is -0.481 e. The molecule has 0 rings (SSSR count). The van der Waals surface area contributed by atoms with E-state index in [0.29, 0.717) is 25.7 Å². The number of nitrogens with one attached hydrogen (secondary N) is 2. The number of ether oxygens (including phenoxy) is 3. The van der Waals surface area contributed by atoms with Crippen LogP contribution >= 0.6 is 0 Å². The number of carboxylic acids is 1. The molecule has 2 amide bonds. The molecule has 0 bridgehead atoms. The normalized spacial score (nSPS) is 13.3. The first-order valence-corrected chi connectivity index (χ1v) is 15.5. The Hall–Kier alpha value is -3.84. The van der Waals surface area contributed by atoms with Gasteiger partial charge in [0, 0.05) is 38.5 Å². The average molecular weight is 659 g/mol. The van der Waals surface area contributed by atoms with E-state index in [-0.39, 0.29) is 73.8 Å². The Morgan fingerprint density at radius 1 is 0.609 bits per heavy atom. The van der Waals surface area contributed by atoms with Crippen LogP contribution in [-0.4, -0.2) is 84.3 Å². The Bertz CT molecular complexity index is 1030. The van der Waals surface area contributed by atoms with Gasteiger partial charge < -0.3 is 30.0 Å². The van der Waals surface area contributed by atoms with E-state index in [1.165, 1.54) is 28.1 Å². The fourth-order valence-corrected chi connectivity index (χ4v) is 3.63. The molecular formula is C32H54N2O12. The first-order chi connectivity index (χ1) is 21.2. The van der Waals surface area contributed by atoms with Crippen molar-refractivity contribution in [3.05, 3.63) is 0 Å². The van der Waals surface area contributed by atoms with Gasteiger partial charge in [-0.3, -0.25) is 38.4 Å². The van der Waals surface area contributed by atoms with Crippen LogP contribution in [0.15, 0.2) is 0 Å². The molecule has 0 unspecified atom stereocenters. The third kappa shape index (κ3) is 23.5. The summed E-state index contributed by atoms with van der Waals surface area (Å²) in [5, 5.41) is 13.9. The van der Waals surface area contributed by atoms with Crippen molar-refractivity contribution in [1.29, 1.82) is 0 Å². The molecule has 0 spiro atoms. The topological polar surface area (TPSA) is 209 Å². The Balaban J connectivity index is 0. The van der Waals surface area contributed by atoms with E-state index in [1.807, 2.05) is 0 Å². The maximum absolute atomic E-state index is 12.1. The minimum atomic E-state index is -1.04. The van der Waals surface area contributed by atoms with Crippen LogP contribution in [0.2, 0.25) is 0 Å². The number of carboxylic acid groups (broad SMARTS) is 1. The van der Waals surface area contributed by atoms with Crippen LogP contribution in [0, 0.1) is 11.8 Å². The number of unbranched alkanes of at least 4 members (excludes halogenated alkanes) is 2. The molecule has 264 valence electrons. The van der Waals surface area contributed by atoms with Gasteiger partial charge in [-0.15, -0.1) is 0 Å². The van der Waals surface area contributed by atoms with Crippen LogP contribution in [0.3, 0.4) is 0 Å². The molecule has 0 aliphatic rings. The third-order valence-corrected chi connectivity index (χ3v) is 6.49. The van der Waals surface area contributed by atoms with Gasteiger partial charge in [-0.2, -0.15) is 0 Å². The third-order valence-electron chi connectivity index (χ3n) is 6.49. The van der Waals surface area contributed by atoms with Crippen molar-refractivity contribution in [1.82, 2.24) is 10.6 Å². The minimum absolute atomic E-state index is 0.0126. The number of Topliss-reactive ketones (excluding diaryl/α,β-unsaturated/α-hetero) is 2. The van der Waals surface area contributed by atoms with Gasteiger partial charge in [-0.25, -0.2) is 0 Å². The van der Waals surface area contributed by atoms with Gasteiger partial charge in [-0.05, 0) is 60.3 Å². The maximum Gasteiger partial charge on any atom is 0.309 e. The van der Waals surface area contributed by atoms with E-state index >= 15 is 0 Å². The van der Waals surface area contributed by atoms with Gasteiger partial charge >= 0.3 is 23.9 Å². The van der Waals surface area contributed by atoms with Crippen molar-refractivity contribution in [2.75, 3.05) is 14.2 Å². The lowest BCUT2D eigenvalue weighted by Crippen LogP contribution is -2.40. The second kappa shape index (κ2) is 23.5. The quantitative estimate of drug-likeness (QED) is 0.0980. The summed E-state index contributed by atoms with van der Waals surface area (Å²) in [7, 11) is 2.63. The molecule has 14 heteroatoms. The van der Waals surface area contributed by atoms with Gasteiger partial charge in [-0.1, -0.05) is 13.8 Å². The molecule has 14 nitrogen and oxygen atoms in total. The molecule has 0 fully saturated rings. The summed E-state index contributed by atoms with van der Waals surface area (Å²) in [6, 6.07) is -1.38. The smallest absolute Gasteiger partial charge is 0.309 e. The highest BCUT2D eigenvalue weighted by Crippen LogP contribution is 2.14. The second-order valence-electron chi connectivity index (χ2n) is 12.2. The summed E-state index contributed by atoms with van der Waals surface area (Å²) in [5.41, 5.74) is -0.599. The number of carbonyl (C=O) groups is 8. The van der Waals surface area contributed by atoms with E-state index in [0.717, 1.165) is 0 Å². The Morgan fingerprint density at radius 3 is 1.28 bits per heavy atom. The van der Waals surface area contributed by atoms with Crippen LogP contribution < -0.4 is 10.6 Å². The number of aliphatic carboxylic acids is 1. The number of carbonyl (C=O) groups excluding carboxylic acids is 7. The van der Waals surface area contributed by atoms with Crippen LogP contribution in [-0.2, 0) is 52.6 Å². The van der Waals surface area contributed by atoms with Crippen molar-refractivity contribution in [2.45, 2.75) is 130 Å². The highest BCUT2D eigenvalue weighted by molar-refractivity contribution is 5.91. The fourth-order valence-electron chi connectivity index (χ4n) is 3.63. The molecular weight excluding hydrogens is 604 g/mol. The molecule has 0 aromatic heterocycles. The van der Waals surface area contributed by atoms with Crippen molar-refractivity contribution in [3.63, 3.8) is 0 Å². The van der Waals surface area contributed by atoms with Crippen molar-refractivity contribution in [2.24, 2.45) is 11.8 Å². The van der Waals surface area contributed by atoms with Crippen molar-refractivity contribution >= 4 is 47.3 Å². The summed E-state index contributed by atoms with van der Waals surface area (Å²) in [4.78, 5) is 91.6. The van der Waals surface area contributed by atoms with Crippen molar-refractivity contribution in [3.8, 4) is 0 Å². The SMILES string of the molecule is COC(=O)CCCCC(=O)N[C@@H](C)C(=O)C[C@H](C)C(=O)O.COC(=O)CCCCC(=O)N[C@@H](C)C(=O)C[C@H](C)C(=O)OC(C)(C)C. The Morgan fingerprint density at radius 2 is 0.957 bits per heavy atom. The molecule has 0 aliphatic carbocycles. The van der Waals surface area contributed by atoms with Gasteiger partial charge in [0.05, 0.1) is 38.1 Å². The fraction of sp³-hybridized carbons (Fsp3) is 0.750. The highest BCUT2D eigenvalue weighted by Gasteiger charge is 2.26. The summed E-state index contributed by atoms with van der Waals surface area (Å²) < 4.78 is 14.2. The summed E-state index contributed by atoms with van der Waals surface area (Å²) in [6.07, 6.45) is 3.03. The van der Waals surface area contributed by atoms with Crippen molar-refractivity contribution < 1.29 is 57.7 Å². The summed E-state index contributed by atoms with van der Waals surface area (Å²) >= 11 is 0. The predicted molar refractivity (Wildman–Crippen MR) is 167 cm³/mol. The molecule has 0 radical (unpaired) electrons. The lowest BCUT2D eigenvalue weighted by Gasteiger charge is -2.22. The largest absolute Gasteiger partial charge is 0.481 e.